The first-order valence-corrected chi connectivity index (χ1v) is 5.90. The number of nitriles is 1. The molecule has 0 aliphatic carbocycles. The first-order valence-electron chi connectivity index (χ1n) is 5.90. The third-order valence-electron chi connectivity index (χ3n) is 2.57. The van der Waals surface area contributed by atoms with Gasteiger partial charge < -0.3 is 10.5 Å². The smallest absolute Gasteiger partial charge is 0.219 e. The molecule has 2 N–H and O–H groups in total. The Labute approximate surface area is 103 Å². The van der Waals surface area contributed by atoms with Gasteiger partial charge in [-0.2, -0.15) is 5.26 Å². The van der Waals surface area contributed by atoms with Crippen LogP contribution in [0.15, 0.2) is 6.07 Å². The highest BCUT2D eigenvalue weighted by Gasteiger charge is 2.22. The van der Waals surface area contributed by atoms with Gasteiger partial charge in [0.25, 0.3) is 0 Å². The fourth-order valence-corrected chi connectivity index (χ4v) is 1.63. The van der Waals surface area contributed by atoms with Gasteiger partial charge in [0.2, 0.25) is 5.88 Å². The minimum atomic E-state index is -0.329. The molecule has 17 heavy (non-hydrogen) atoms. The van der Waals surface area contributed by atoms with E-state index in [4.69, 9.17) is 15.7 Å². The van der Waals surface area contributed by atoms with Gasteiger partial charge in [-0.25, -0.2) is 0 Å². The Morgan fingerprint density at radius 1 is 1.53 bits per heavy atom. The van der Waals surface area contributed by atoms with E-state index in [2.05, 4.69) is 19.9 Å². The summed E-state index contributed by atoms with van der Waals surface area (Å²) in [7, 11) is 0. The third-order valence-corrected chi connectivity index (χ3v) is 2.57. The molecule has 0 bridgehead atoms. The van der Waals surface area contributed by atoms with Crippen molar-refractivity contribution in [2.45, 2.75) is 52.7 Å². The van der Waals surface area contributed by atoms with Gasteiger partial charge in [-0.1, -0.05) is 6.92 Å². The van der Waals surface area contributed by atoms with Crippen LogP contribution in [0.3, 0.4) is 0 Å². The summed E-state index contributed by atoms with van der Waals surface area (Å²) in [5, 5.41) is 9.12. The molecule has 0 saturated carbocycles. The van der Waals surface area contributed by atoms with E-state index >= 15 is 0 Å². The highest BCUT2D eigenvalue weighted by Crippen LogP contribution is 2.33. The molecule has 0 amide bonds. The molecule has 1 atom stereocenters. The maximum atomic E-state index is 9.12. The van der Waals surface area contributed by atoms with Gasteiger partial charge in [0.05, 0.1) is 5.69 Å². The number of hydrogen-bond donors (Lipinski definition) is 1. The molecule has 1 heterocycles. The van der Waals surface area contributed by atoms with E-state index in [0.29, 0.717) is 17.3 Å². The van der Waals surface area contributed by atoms with Gasteiger partial charge >= 0.3 is 0 Å². The lowest BCUT2D eigenvalue weighted by molar-refractivity contribution is 0.116. The van der Waals surface area contributed by atoms with Crippen molar-refractivity contribution in [3.8, 4) is 11.9 Å². The number of nitrogen functional groups attached to an aromatic ring is 1. The van der Waals surface area contributed by atoms with Gasteiger partial charge in [-0.3, -0.25) is 4.57 Å². The molecule has 94 valence electrons. The highest BCUT2D eigenvalue weighted by atomic mass is 16.5. The summed E-state index contributed by atoms with van der Waals surface area (Å²) in [6.45, 7) is 10.0. The molecule has 0 saturated heterocycles. The highest BCUT2D eigenvalue weighted by molar-refractivity contribution is 5.55. The van der Waals surface area contributed by atoms with Crippen LogP contribution in [0.2, 0.25) is 0 Å². The van der Waals surface area contributed by atoms with Crippen LogP contribution in [0.25, 0.3) is 0 Å². The SMILES string of the molecule is CC[C@@H](C)n1c(C#N)cc(N)c1OC(C)(C)C. The lowest BCUT2D eigenvalue weighted by Crippen LogP contribution is -2.25. The zero-order valence-electron chi connectivity index (χ0n) is 11.2. The van der Waals surface area contributed by atoms with Crippen LogP contribution >= 0.6 is 0 Å². The van der Waals surface area contributed by atoms with Crippen LogP contribution in [0, 0.1) is 11.3 Å². The maximum absolute atomic E-state index is 9.12. The van der Waals surface area contributed by atoms with Crippen molar-refractivity contribution in [1.82, 2.24) is 4.57 Å². The van der Waals surface area contributed by atoms with Crippen LogP contribution in [0.1, 0.15) is 52.8 Å². The molecule has 1 aromatic heterocycles. The van der Waals surface area contributed by atoms with Crippen molar-refractivity contribution < 1.29 is 4.74 Å². The number of rotatable bonds is 3. The van der Waals surface area contributed by atoms with E-state index in [0.717, 1.165) is 6.42 Å². The van der Waals surface area contributed by atoms with Gasteiger partial charge in [0, 0.05) is 12.1 Å². The van der Waals surface area contributed by atoms with Gasteiger partial charge in [0.1, 0.15) is 17.4 Å². The van der Waals surface area contributed by atoms with Crippen LogP contribution < -0.4 is 10.5 Å². The standard InChI is InChI=1S/C13H21N3O/c1-6-9(2)16-10(8-14)7-11(15)12(16)17-13(3,4)5/h7,9H,6,15H2,1-5H3/t9-/m1/s1. The minimum Gasteiger partial charge on any atom is -0.472 e. The Balaban J connectivity index is 3.28. The second kappa shape index (κ2) is 4.70. The fourth-order valence-electron chi connectivity index (χ4n) is 1.63. The quantitative estimate of drug-likeness (QED) is 0.875. The normalized spacial score (nSPS) is 13.2. The van der Waals surface area contributed by atoms with Crippen molar-refractivity contribution in [2.24, 2.45) is 0 Å². The van der Waals surface area contributed by atoms with Crippen molar-refractivity contribution in [1.29, 1.82) is 5.26 Å². The van der Waals surface area contributed by atoms with Crippen molar-refractivity contribution in [3.63, 3.8) is 0 Å². The van der Waals surface area contributed by atoms with Crippen LogP contribution in [-0.2, 0) is 0 Å². The Morgan fingerprint density at radius 2 is 2.12 bits per heavy atom. The summed E-state index contributed by atoms with van der Waals surface area (Å²) >= 11 is 0. The fraction of sp³-hybridized carbons (Fsp3) is 0.615. The zero-order chi connectivity index (χ0) is 13.2. The second-order valence-electron chi connectivity index (χ2n) is 5.24. The molecular formula is C13H21N3O. The molecule has 0 aromatic carbocycles. The first kappa shape index (κ1) is 13.4. The van der Waals surface area contributed by atoms with E-state index in [9.17, 15) is 0 Å². The van der Waals surface area contributed by atoms with E-state index in [1.807, 2.05) is 25.3 Å². The summed E-state index contributed by atoms with van der Waals surface area (Å²) in [6.07, 6.45) is 0.920. The van der Waals surface area contributed by atoms with Crippen LogP contribution in [-0.4, -0.2) is 10.2 Å². The predicted molar refractivity (Wildman–Crippen MR) is 68.9 cm³/mol. The molecule has 0 spiro atoms. The monoisotopic (exact) mass is 235 g/mol. The summed E-state index contributed by atoms with van der Waals surface area (Å²) in [4.78, 5) is 0. The van der Waals surface area contributed by atoms with Gasteiger partial charge in [0.15, 0.2) is 0 Å². The first-order chi connectivity index (χ1) is 7.80. The number of nitrogens with two attached hydrogens (primary N) is 1. The largest absolute Gasteiger partial charge is 0.472 e. The predicted octanol–water partition coefficient (Wildman–Crippen LogP) is 3.09. The van der Waals surface area contributed by atoms with Gasteiger partial charge in [-0.15, -0.1) is 0 Å². The summed E-state index contributed by atoms with van der Waals surface area (Å²) in [6, 6.07) is 4.03. The Hall–Kier alpha value is -1.63. The Kier molecular flexibility index (Phi) is 3.72. The number of aromatic nitrogens is 1. The van der Waals surface area contributed by atoms with Crippen molar-refractivity contribution in [2.75, 3.05) is 5.73 Å². The molecule has 4 heteroatoms. The molecular weight excluding hydrogens is 214 g/mol. The molecule has 0 aliphatic heterocycles. The third kappa shape index (κ3) is 2.94. The molecule has 1 rings (SSSR count). The van der Waals surface area contributed by atoms with E-state index < -0.39 is 0 Å². The molecule has 4 nitrogen and oxygen atoms in total. The average Bonchev–Trinajstić information content (AvgIpc) is 2.52. The molecule has 0 radical (unpaired) electrons. The summed E-state index contributed by atoms with van der Waals surface area (Å²) < 4.78 is 7.73. The topological polar surface area (TPSA) is 64.0 Å². The molecule has 0 unspecified atom stereocenters. The van der Waals surface area contributed by atoms with E-state index in [-0.39, 0.29) is 11.6 Å². The number of anilines is 1. The average molecular weight is 235 g/mol. The lowest BCUT2D eigenvalue weighted by atomic mass is 10.2. The van der Waals surface area contributed by atoms with Crippen LogP contribution in [0.5, 0.6) is 5.88 Å². The van der Waals surface area contributed by atoms with Crippen molar-refractivity contribution >= 4 is 5.69 Å². The van der Waals surface area contributed by atoms with Crippen LogP contribution in [0.4, 0.5) is 5.69 Å². The summed E-state index contributed by atoms with van der Waals surface area (Å²) in [5.74, 6) is 0.600. The molecule has 1 aromatic rings. The number of ether oxygens (including phenoxy) is 1. The lowest BCUT2D eigenvalue weighted by Gasteiger charge is -2.25. The Bertz CT molecular complexity index is 435. The number of hydrogen-bond acceptors (Lipinski definition) is 3. The maximum Gasteiger partial charge on any atom is 0.219 e. The Morgan fingerprint density at radius 3 is 2.53 bits per heavy atom. The molecule has 0 fully saturated rings. The minimum absolute atomic E-state index is 0.194. The zero-order valence-corrected chi connectivity index (χ0v) is 11.2. The second-order valence-corrected chi connectivity index (χ2v) is 5.24. The molecule has 0 aliphatic rings. The summed E-state index contributed by atoms with van der Waals surface area (Å²) in [5.41, 5.74) is 6.67. The van der Waals surface area contributed by atoms with Crippen molar-refractivity contribution in [3.05, 3.63) is 11.8 Å². The van der Waals surface area contributed by atoms with Gasteiger partial charge in [-0.05, 0) is 34.1 Å². The van der Waals surface area contributed by atoms with E-state index in [1.165, 1.54) is 0 Å². The van der Waals surface area contributed by atoms with E-state index in [1.54, 1.807) is 6.07 Å². The number of nitrogens with zero attached hydrogens (tertiary/aromatic N) is 2.